The molecule has 4 nitrogen and oxygen atoms in total. The first kappa shape index (κ1) is 19.6. The summed E-state index contributed by atoms with van der Waals surface area (Å²) >= 11 is 0. The Bertz CT molecular complexity index is 819. The Morgan fingerprint density at radius 1 is 0.643 bits per heavy atom. The summed E-state index contributed by atoms with van der Waals surface area (Å²) in [6.45, 7) is 4.62. The molecule has 28 heavy (non-hydrogen) atoms. The summed E-state index contributed by atoms with van der Waals surface area (Å²) in [5.74, 6) is 2.61. The Labute approximate surface area is 167 Å². The van der Waals surface area contributed by atoms with Gasteiger partial charge in [-0.1, -0.05) is 37.3 Å². The molecule has 0 amide bonds. The first-order chi connectivity index (χ1) is 13.8. The molecule has 4 heteroatoms. The third kappa shape index (κ3) is 6.54. The summed E-state index contributed by atoms with van der Waals surface area (Å²) in [6, 6.07) is 25.9. The Morgan fingerprint density at radius 2 is 1.29 bits per heavy atom. The van der Waals surface area contributed by atoms with Gasteiger partial charge in [0.2, 0.25) is 0 Å². The van der Waals surface area contributed by atoms with Gasteiger partial charge < -0.3 is 19.5 Å². The van der Waals surface area contributed by atoms with E-state index in [9.17, 15) is 0 Å². The molecule has 146 valence electrons. The number of para-hydroxylation sites is 1. The van der Waals surface area contributed by atoms with Crippen molar-refractivity contribution in [1.82, 2.24) is 0 Å². The van der Waals surface area contributed by atoms with E-state index in [2.05, 4.69) is 24.4 Å². The molecule has 0 saturated heterocycles. The van der Waals surface area contributed by atoms with E-state index in [0.717, 1.165) is 42.5 Å². The molecule has 0 atom stereocenters. The average molecular weight is 377 g/mol. The van der Waals surface area contributed by atoms with E-state index in [1.165, 1.54) is 5.56 Å². The molecule has 0 aliphatic rings. The van der Waals surface area contributed by atoms with Gasteiger partial charge in [-0.3, -0.25) is 0 Å². The number of ether oxygens (including phenoxy) is 3. The van der Waals surface area contributed by atoms with Crippen molar-refractivity contribution in [2.24, 2.45) is 0 Å². The number of hydrogen-bond donors (Lipinski definition) is 1. The molecule has 0 aromatic heterocycles. The van der Waals surface area contributed by atoms with Gasteiger partial charge in [0.25, 0.3) is 0 Å². The Hall–Kier alpha value is -3.14. The molecule has 0 fully saturated rings. The first-order valence-corrected chi connectivity index (χ1v) is 9.70. The van der Waals surface area contributed by atoms with Crippen LogP contribution in [0, 0.1) is 0 Å². The van der Waals surface area contributed by atoms with Crippen LogP contribution in [0.5, 0.6) is 17.2 Å². The largest absolute Gasteiger partial charge is 0.494 e. The Kier molecular flexibility index (Phi) is 7.62. The summed E-state index contributed by atoms with van der Waals surface area (Å²) in [6.07, 6.45) is 1.01. The molecular formula is C24H27NO3. The zero-order valence-corrected chi connectivity index (χ0v) is 16.3. The summed E-state index contributed by atoms with van der Waals surface area (Å²) in [7, 11) is 0. The Morgan fingerprint density at radius 3 is 2.00 bits per heavy atom. The highest BCUT2D eigenvalue weighted by atomic mass is 16.5. The van der Waals surface area contributed by atoms with Crippen LogP contribution in [0.25, 0.3) is 0 Å². The van der Waals surface area contributed by atoms with E-state index in [1.54, 1.807) is 0 Å². The van der Waals surface area contributed by atoms with Gasteiger partial charge >= 0.3 is 0 Å². The lowest BCUT2D eigenvalue weighted by molar-refractivity contribution is 0.217. The Balaban J connectivity index is 1.40. The number of rotatable bonds is 11. The monoisotopic (exact) mass is 377 g/mol. The van der Waals surface area contributed by atoms with E-state index in [0.29, 0.717) is 13.2 Å². The van der Waals surface area contributed by atoms with Crippen LogP contribution in [0.1, 0.15) is 18.9 Å². The molecule has 3 rings (SSSR count). The van der Waals surface area contributed by atoms with Crippen molar-refractivity contribution < 1.29 is 14.2 Å². The highest BCUT2D eigenvalue weighted by Crippen LogP contribution is 2.18. The topological polar surface area (TPSA) is 39.7 Å². The van der Waals surface area contributed by atoms with Crippen LogP contribution in [0.4, 0.5) is 5.69 Å². The fraction of sp³-hybridized carbons (Fsp3) is 0.250. The van der Waals surface area contributed by atoms with Crippen molar-refractivity contribution in [3.8, 4) is 17.2 Å². The van der Waals surface area contributed by atoms with Crippen molar-refractivity contribution >= 4 is 5.69 Å². The molecule has 3 aromatic rings. The third-order valence-electron chi connectivity index (χ3n) is 4.09. The lowest BCUT2D eigenvalue weighted by atomic mass is 10.2. The van der Waals surface area contributed by atoms with Crippen molar-refractivity contribution in [3.05, 3.63) is 84.4 Å². The zero-order valence-electron chi connectivity index (χ0n) is 16.3. The minimum absolute atomic E-state index is 0.506. The molecule has 0 bridgehead atoms. The number of anilines is 1. The third-order valence-corrected chi connectivity index (χ3v) is 4.09. The van der Waals surface area contributed by atoms with Gasteiger partial charge in [0.15, 0.2) is 0 Å². The second-order valence-corrected chi connectivity index (χ2v) is 6.38. The van der Waals surface area contributed by atoms with Gasteiger partial charge in [-0.2, -0.15) is 0 Å². The maximum Gasteiger partial charge on any atom is 0.122 e. The molecule has 3 aromatic carbocycles. The van der Waals surface area contributed by atoms with E-state index >= 15 is 0 Å². The van der Waals surface area contributed by atoms with Crippen molar-refractivity contribution in [1.29, 1.82) is 0 Å². The maximum atomic E-state index is 5.73. The minimum atomic E-state index is 0.506. The molecule has 0 heterocycles. The fourth-order valence-electron chi connectivity index (χ4n) is 2.67. The highest BCUT2D eigenvalue weighted by molar-refractivity contribution is 5.47. The number of benzene rings is 3. The predicted molar refractivity (Wildman–Crippen MR) is 113 cm³/mol. The molecule has 1 N–H and O–H groups in total. The highest BCUT2D eigenvalue weighted by Gasteiger charge is 1.99. The van der Waals surface area contributed by atoms with Crippen LogP contribution >= 0.6 is 0 Å². The van der Waals surface area contributed by atoms with Crippen LogP contribution in [-0.4, -0.2) is 19.8 Å². The van der Waals surface area contributed by atoms with Crippen molar-refractivity contribution in [2.75, 3.05) is 25.1 Å². The van der Waals surface area contributed by atoms with E-state index in [1.807, 2.05) is 66.7 Å². The zero-order chi connectivity index (χ0) is 19.4. The molecular weight excluding hydrogens is 350 g/mol. The van der Waals surface area contributed by atoms with Crippen LogP contribution in [0.3, 0.4) is 0 Å². The quantitative estimate of drug-likeness (QED) is 0.445. The van der Waals surface area contributed by atoms with Gasteiger partial charge in [-0.15, -0.1) is 0 Å². The second kappa shape index (κ2) is 10.9. The van der Waals surface area contributed by atoms with Gasteiger partial charge in [-0.25, -0.2) is 0 Å². The van der Waals surface area contributed by atoms with Crippen LogP contribution in [0.15, 0.2) is 78.9 Å². The fourth-order valence-corrected chi connectivity index (χ4v) is 2.67. The van der Waals surface area contributed by atoms with Crippen molar-refractivity contribution in [2.45, 2.75) is 19.9 Å². The first-order valence-electron chi connectivity index (χ1n) is 9.70. The predicted octanol–water partition coefficient (Wildman–Crippen LogP) is 5.55. The van der Waals surface area contributed by atoms with E-state index in [4.69, 9.17) is 14.2 Å². The lowest BCUT2D eigenvalue weighted by Gasteiger charge is -2.11. The average Bonchev–Trinajstić information content (AvgIpc) is 2.76. The van der Waals surface area contributed by atoms with Crippen molar-refractivity contribution in [3.63, 3.8) is 0 Å². The molecule has 0 unspecified atom stereocenters. The molecule has 0 aliphatic carbocycles. The lowest BCUT2D eigenvalue weighted by Crippen LogP contribution is -2.08. The van der Waals surface area contributed by atoms with Crippen LogP contribution in [0.2, 0.25) is 0 Å². The second-order valence-electron chi connectivity index (χ2n) is 6.38. The van der Waals surface area contributed by atoms with E-state index < -0.39 is 0 Å². The number of hydrogen-bond acceptors (Lipinski definition) is 4. The minimum Gasteiger partial charge on any atom is -0.494 e. The normalized spacial score (nSPS) is 10.3. The van der Waals surface area contributed by atoms with Crippen LogP contribution in [-0.2, 0) is 6.54 Å². The standard InChI is InChI=1S/C24H27NO3/c1-2-15-26-24-10-6-7-20(18-24)19-25-21-11-13-23(14-12-21)28-17-16-27-22-8-4-3-5-9-22/h3-14,18,25H,2,15-17,19H2,1H3. The molecule has 0 radical (unpaired) electrons. The van der Waals surface area contributed by atoms with Gasteiger partial charge in [0, 0.05) is 12.2 Å². The summed E-state index contributed by atoms with van der Waals surface area (Å²) in [5.41, 5.74) is 2.24. The number of nitrogens with one attached hydrogen (secondary N) is 1. The molecule has 0 saturated carbocycles. The van der Waals surface area contributed by atoms with Gasteiger partial charge in [-0.05, 0) is 60.5 Å². The summed E-state index contributed by atoms with van der Waals surface area (Å²) < 4.78 is 17.0. The maximum absolute atomic E-state index is 5.73. The van der Waals surface area contributed by atoms with Gasteiger partial charge in [0.05, 0.1) is 6.61 Å². The van der Waals surface area contributed by atoms with Crippen LogP contribution < -0.4 is 19.5 Å². The molecule has 0 spiro atoms. The van der Waals surface area contributed by atoms with Gasteiger partial charge in [0.1, 0.15) is 30.5 Å². The summed E-state index contributed by atoms with van der Waals surface area (Å²) in [5, 5.41) is 3.42. The smallest absolute Gasteiger partial charge is 0.122 e. The SMILES string of the molecule is CCCOc1cccc(CNc2ccc(OCCOc3ccccc3)cc2)c1. The summed E-state index contributed by atoms with van der Waals surface area (Å²) in [4.78, 5) is 0. The van der Waals surface area contributed by atoms with E-state index in [-0.39, 0.29) is 0 Å². The molecule has 0 aliphatic heterocycles.